The molecule has 2 aromatic heterocycles. The third-order valence-corrected chi connectivity index (χ3v) is 4.30. The van der Waals surface area contributed by atoms with Gasteiger partial charge in [-0.1, -0.05) is 0 Å². The Morgan fingerprint density at radius 3 is 2.69 bits per heavy atom. The molecule has 0 aliphatic heterocycles. The highest BCUT2D eigenvalue weighted by atomic mass is 19.1. The number of aromatic nitrogens is 3. The van der Waals surface area contributed by atoms with E-state index in [1.807, 2.05) is 59.1 Å². The zero-order valence-corrected chi connectivity index (χ0v) is 14.4. The fourth-order valence-corrected chi connectivity index (χ4v) is 2.93. The topological polar surface area (TPSA) is 51.5 Å². The molecule has 2 aromatic carbocycles. The molecule has 6 heteroatoms. The van der Waals surface area contributed by atoms with Crippen LogP contribution in [0, 0.1) is 0 Å². The highest BCUT2D eigenvalue weighted by Crippen LogP contribution is 2.24. The quantitative estimate of drug-likeness (QED) is 0.526. The average Bonchev–Trinajstić information content (AvgIpc) is 3.05. The van der Waals surface area contributed by atoms with Crippen LogP contribution in [-0.2, 0) is 0 Å². The summed E-state index contributed by atoms with van der Waals surface area (Å²) in [5.74, 6) is 1.46. The van der Waals surface area contributed by atoms with Gasteiger partial charge in [-0.3, -0.25) is 8.79 Å². The number of anilines is 1. The molecule has 0 saturated heterocycles. The van der Waals surface area contributed by atoms with Gasteiger partial charge in [-0.15, -0.1) is 0 Å². The van der Waals surface area contributed by atoms with Crippen LogP contribution < -0.4 is 10.1 Å². The number of fused-ring (bicyclic) bond motifs is 3. The third-order valence-electron chi connectivity index (χ3n) is 4.30. The molecular weight excluding hydrogens is 331 g/mol. The van der Waals surface area contributed by atoms with E-state index in [0.29, 0.717) is 18.7 Å². The molecule has 0 spiro atoms. The SMILES string of the molecule is COc1ccc(-c2ccn3c(n2)nc2cc(NCCCF)ccc23)cc1. The van der Waals surface area contributed by atoms with Gasteiger partial charge in [-0.05, 0) is 55.0 Å². The van der Waals surface area contributed by atoms with Crippen molar-refractivity contribution >= 4 is 22.5 Å². The Kier molecular flexibility index (Phi) is 4.39. The Morgan fingerprint density at radius 2 is 1.92 bits per heavy atom. The minimum absolute atomic E-state index is 0.318. The van der Waals surface area contributed by atoms with Crippen molar-refractivity contribution in [3.05, 3.63) is 54.7 Å². The first-order valence-corrected chi connectivity index (χ1v) is 8.51. The molecule has 0 aliphatic rings. The number of nitrogens with zero attached hydrogens (tertiary/aromatic N) is 3. The summed E-state index contributed by atoms with van der Waals surface area (Å²) < 4.78 is 19.4. The number of alkyl halides is 1. The van der Waals surface area contributed by atoms with Crippen LogP contribution in [0.15, 0.2) is 54.7 Å². The molecule has 26 heavy (non-hydrogen) atoms. The largest absolute Gasteiger partial charge is 0.497 e. The van der Waals surface area contributed by atoms with E-state index >= 15 is 0 Å². The van der Waals surface area contributed by atoms with E-state index in [1.165, 1.54) is 0 Å². The van der Waals surface area contributed by atoms with Crippen molar-refractivity contribution in [2.45, 2.75) is 6.42 Å². The maximum absolute atomic E-state index is 12.2. The lowest BCUT2D eigenvalue weighted by atomic mass is 10.1. The minimum Gasteiger partial charge on any atom is -0.497 e. The van der Waals surface area contributed by atoms with Crippen molar-refractivity contribution in [1.82, 2.24) is 14.4 Å². The molecule has 0 unspecified atom stereocenters. The van der Waals surface area contributed by atoms with E-state index in [2.05, 4.69) is 15.3 Å². The number of methoxy groups -OCH3 is 1. The van der Waals surface area contributed by atoms with E-state index in [0.717, 1.165) is 33.7 Å². The second kappa shape index (κ2) is 7.00. The second-order valence-corrected chi connectivity index (χ2v) is 6.00. The van der Waals surface area contributed by atoms with Crippen molar-refractivity contribution in [2.75, 3.05) is 25.6 Å². The number of benzene rings is 2. The third kappa shape index (κ3) is 3.06. The molecule has 0 atom stereocenters. The molecule has 0 fully saturated rings. The van der Waals surface area contributed by atoms with E-state index in [9.17, 15) is 4.39 Å². The summed E-state index contributed by atoms with van der Waals surface area (Å²) in [6.07, 6.45) is 2.48. The molecule has 132 valence electrons. The van der Waals surface area contributed by atoms with Crippen molar-refractivity contribution in [1.29, 1.82) is 0 Å². The Bertz CT molecular complexity index is 1040. The van der Waals surface area contributed by atoms with Crippen LogP contribution in [0.4, 0.5) is 10.1 Å². The zero-order valence-electron chi connectivity index (χ0n) is 14.4. The van der Waals surface area contributed by atoms with Crippen molar-refractivity contribution in [3.63, 3.8) is 0 Å². The maximum atomic E-state index is 12.2. The molecule has 4 aromatic rings. The number of rotatable bonds is 6. The Morgan fingerprint density at radius 1 is 1.08 bits per heavy atom. The van der Waals surface area contributed by atoms with Crippen LogP contribution in [0.25, 0.3) is 28.1 Å². The van der Waals surface area contributed by atoms with Crippen LogP contribution in [0.3, 0.4) is 0 Å². The average molecular weight is 350 g/mol. The smallest absolute Gasteiger partial charge is 0.235 e. The van der Waals surface area contributed by atoms with Gasteiger partial charge in [0.05, 0.1) is 30.5 Å². The van der Waals surface area contributed by atoms with Gasteiger partial charge in [-0.2, -0.15) is 0 Å². The summed E-state index contributed by atoms with van der Waals surface area (Å²) >= 11 is 0. The number of halogens is 1. The Hall–Kier alpha value is -3.15. The van der Waals surface area contributed by atoms with E-state index < -0.39 is 0 Å². The highest BCUT2D eigenvalue weighted by Gasteiger charge is 2.08. The van der Waals surface area contributed by atoms with Gasteiger partial charge in [0.1, 0.15) is 5.75 Å². The van der Waals surface area contributed by atoms with Gasteiger partial charge in [0.2, 0.25) is 5.78 Å². The summed E-state index contributed by atoms with van der Waals surface area (Å²) in [5, 5.41) is 3.21. The molecule has 4 rings (SSSR count). The monoisotopic (exact) mass is 350 g/mol. The van der Waals surface area contributed by atoms with Crippen LogP contribution in [0.5, 0.6) is 5.75 Å². The lowest BCUT2D eigenvalue weighted by Gasteiger charge is -2.05. The fourth-order valence-electron chi connectivity index (χ4n) is 2.93. The molecule has 1 N–H and O–H groups in total. The Labute approximate surface area is 150 Å². The van der Waals surface area contributed by atoms with Crippen molar-refractivity contribution in [3.8, 4) is 17.0 Å². The minimum atomic E-state index is -0.318. The number of hydrogen-bond donors (Lipinski definition) is 1. The van der Waals surface area contributed by atoms with Gasteiger partial charge in [0, 0.05) is 24.0 Å². The predicted octanol–water partition coefficient (Wildman–Crippen LogP) is 4.33. The normalized spacial score (nSPS) is 11.2. The summed E-state index contributed by atoms with van der Waals surface area (Å²) in [6, 6.07) is 15.7. The van der Waals surface area contributed by atoms with Crippen LogP contribution in [0.1, 0.15) is 6.42 Å². The van der Waals surface area contributed by atoms with Gasteiger partial charge >= 0.3 is 0 Å². The number of nitrogens with one attached hydrogen (secondary N) is 1. The summed E-state index contributed by atoms with van der Waals surface area (Å²) in [7, 11) is 1.65. The van der Waals surface area contributed by atoms with Crippen LogP contribution in [0.2, 0.25) is 0 Å². The first-order valence-electron chi connectivity index (χ1n) is 8.51. The predicted molar refractivity (Wildman–Crippen MR) is 102 cm³/mol. The van der Waals surface area contributed by atoms with Crippen LogP contribution in [-0.4, -0.2) is 34.7 Å². The van der Waals surface area contributed by atoms with E-state index in [4.69, 9.17) is 4.74 Å². The molecular formula is C20H19FN4O. The first-order chi connectivity index (χ1) is 12.8. The molecule has 0 aliphatic carbocycles. The lowest BCUT2D eigenvalue weighted by molar-refractivity contribution is 0.415. The number of imidazole rings is 1. The number of hydrogen-bond acceptors (Lipinski definition) is 4. The first kappa shape index (κ1) is 16.3. The van der Waals surface area contributed by atoms with Crippen LogP contribution >= 0.6 is 0 Å². The molecule has 2 heterocycles. The summed E-state index contributed by atoms with van der Waals surface area (Å²) in [4.78, 5) is 9.32. The van der Waals surface area contributed by atoms with Gasteiger partial charge in [0.25, 0.3) is 0 Å². The lowest BCUT2D eigenvalue weighted by Crippen LogP contribution is -2.01. The number of ether oxygens (including phenoxy) is 1. The zero-order chi connectivity index (χ0) is 17.9. The second-order valence-electron chi connectivity index (χ2n) is 6.00. The van der Waals surface area contributed by atoms with Gasteiger partial charge in [-0.25, -0.2) is 9.97 Å². The summed E-state index contributed by atoms with van der Waals surface area (Å²) in [5.41, 5.74) is 4.65. The standard InChI is InChI=1S/C20H19FN4O/c1-26-16-6-3-14(4-7-16)17-9-12-25-19-8-5-15(22-11-2-10-21)13-18(19)24-20(25)23-17/h3-9,12-13,22H,2,10-11H2,1H3. The van der Waals surface area contributed by atoms with Crippen molar-refractivity contribution < 1.29 is 9.13 Å². The van der Waals surface area contributed by atoms with Gasteiger partial charge < -0.3 is 10.1 Å². The Balaban J connectivity index is 1.69. The fraction of sp³-hybridized carbons (Fsp3) is 0.200. The summed E-state index contributed by atoms with van der Waals surface area (Å²) in [6.45, 7) is 0.289. The maximum Gasteiger partial charge on any atom is 0.235 e. The van der Waals surface area contributed by atoms with E-state index in [1.54, 1.807) is 7.11 Å². The van der Waals surface area contributed by atoms with Gasteiger partial charge in [0.15, 0.2) is 0 Å². The molecule has 0 radical (unpaired) electrons. The molecule has 0 bridgehead atoms. The molecule has 5 nitrogen and oxygen atoms in total. The highest BCUT2D eigenvalue weighted by molar-refractivity contribution is 5.83. The van der Waals surface area contributed by atoms with Crippen molar-refractivity contribution in [2.24, 2.45) is 0 Å². The molecule has 0 saturated carbocycles. The molecule has 0 amide bonds. The van der Waals surface area contributed by atoms with E-state index in [-0.39, 0.29) is 6.67 Å².